The zero-order valence-corrected chi connectivity index (χ0v) is 13.1. The Hall–Kier alpha value is -2.34. The van der Waals surface area contributed by atoms with Crippen LogP contribution in [0.1, 0.15) is 12.5 Å². The van der Waals surface area contributed by atoms with Gasteiger partial charge in [0, 0.05) is 38.8 Å². The third kappa shape index (κ3) is 4.14. The van der Waals surface area contributed by atoms with E-state index < -0.39 is 22.4 Å². The van der Waals surface area contributed by atoms with Crippen LogP contribution >= 0.6 is 0 Å². The second-order valence-corrected chi connectivity index (χ2v) is 5.78. The number of piperazine rings is 1. The zero-order chi connectivity index (χ0) is 17.9. The Morgan fingerprint density at radius 2 is 1.96 bits per heavy atom. The lowest BCUT2D eigenvalue weighted by Crippen LogP contribution is -2.47. The highest BCUT2D eigenvalue weighted by atomic mass is 19.4. The number of hydrogen-bond donors (Lipinski definition) is 0. The Balaban J connectivity index is 2.16. The molecule has 1 aliphatic rings. The van der Waals surface area contributed by atoms with Crippen LogP contribution in [0.4, 0.5) is 24.5 Å². The molecule has 0 spiro atoms. The number of halogens is 3. The standard InChI is InChI=1S/C15H17F3N4O2/c1-11(9-19)10-20-4-6-21(7-5-20)13-3-2-12(15(16,17)18)8-14(13)22(23)24/h2-3,8,11H,4-7,10H2,1H3/t11-/m0/s1. The van der Waals surface area contributed by atoms with E-state index in [0.29, 0.717) is 38.8 Å². The summed E-state index contributed by atoms with van der Waals surface area (Å²) >= 11 is 0. The van der Waals surface area contributed by atoms with Gasteiger partial charge in [0.25, 0.3) is 5.69 Å². The average molecular weight is 342 g/mol. The highest BCUT2D eigenvalue weighted by Crippen LogP contribution is 2.36. The van der Waals surface area contributed by atoms with E-state index >= 15 is 0 Å². The maximum absolute atomic E-state index is 12.7. The van der Waals surface area contributed by atoms with Crippen molar-refractivity contribution in [3.8, 4) is 6.07 Å². The monoisotopic (exact) mass is 342 g/mol. The van der Waals surface area contributed by atoms with Gasteiger partial charge in [0.1, 0.15) is 5.69 Å². The van der Waals surface area contributed by atoms with Crippen LogP contribution in [0, 0.1) is 27.4 Å². The fourth-order valence-corrected chi connectivity index (χ4v) is 2.71. The molecule has 1 aliphatic heterocycles. The molecule has 0 bridgehead atoms. The smallest absolute Gasteiger partial charge is 0.363 e. The van der Waals surface area contributed by atoms with Crippen molar-refractivity contribution in [3.63, 3.8) is 0 Å². The van der Waals surface area contributed by atoms with E-state index in [-0.39, 0.29) is 11.6 Å². The van der Waals surface area contributed by atoms with Crippen LogP contribution in [0.2, 0.25) is 0 Å². The molecule has 0 aromatic heterocycles. The van der Waals surface area contributed by atoms with Crippen molar-refractivity contribution in [1.82, 2.24) is 4.90 Å². The summed E-state index contributed by atoms with van der Waals surface area (Å²) in [5.74, 6) is -0.114. The number of anilines is 1. The van der Waals surface area contributed by atoms with Crippen LogP contribution < -0.4 is 4.90 Å². The van der Waals surface area contributed by atoms with Crippen LogP contribution in [0.25, 0.3) is 0 Å². The number of benzene rings is 1. The summed E-state index contributed by atoms with van der Waals surface area (Å²) in [6.45, 7) is 4.55. The highest BCUT2D eigenvalue weighted by molar-refractivity contribution is 5.65. The summed E-state index contributed by atoms with van der Waals surface area (Å²) in [6, 6.07) is 4.76. The molecule has 0 saturated carbocycles. The SMILES string of the molecule is C[C@@H](C#N)CN1CCN(c2ccc(C(F)(F)F)cc2[N+](=O)[O-])CC1. The van der Waals surface area contributed by atoms with Crippen molar-refractivity contribution >= 4 is 11.4 Å². The lowest BCUT2D eigenvalue weighted by molar-refractivity contribution is -0.384. The Kier molecular flexibility index (Phi) is 5.29. The maximum Gasteiger partial charge on any atom is 0.416 e. The Bertz CT molecular complexity index is 649. The van der Waals surface area contributed by atoms with Gasteiger partial charge < -0.3 is 4.90 Å². The first-order chi connectivity index (χ1) is 11.2. The molecule has 1 aromatic rings. The summed E-state index contributed by atoms with van der Waals surface area (Å²) in [4.78, 5) is 14.2. The van der Waals surface area contributed by atoms with E-state index in [1.807, 2.05) is 6.92 Å². The number of nitro groups is 1. The molecule has 130 valence electrons. The van der Waals surface area contributed by atoms with Gasteiger partial charge in [-0.05, 0) is 19.1 Å². The van der Waals surface area contributed by atoms with E-state index in [0.717, 1.165) is 12.1 Å². The predicted octanol–water partition coefficient (Wildman–Crippen LogP) is 2.90. The first kappa shape index (κ1) is 18.0. The number of rotatable bonds is 4. The van der Waals surface area contributed by atoms with Gasteiger partial charge in [-0.2, -0.15) is 18.4 Å². The summed E-state index contributed by atoms with van der Waals surface area (Å²) in [6.07, 6.45) is -4.62. The van der Waals surface area contributed by atoms with Crippen molar-refractivity contribution in [1.29, 1.82) is 5.26 Å². The molecule has 1 aromatic carbocycles. The lowest BCUT2D eigenvalue weighted by Gasteiger charge is -2.36. The van der Waals surface area contributed by atoms with Crippen LogP contribution in [-0.4, -0.2) is 42.5 Å². The number of nitrogens with zero attached hydrogens (tertiary/aromatic N) is 4. The van der Waals surface area contributed by atoms with Gasteiger partial charge in [-0.1, -0.05) is 0 Å². The van der Waals surface area contributed by atoms with Gasteiger partial charge >= 0.3 is 6.18 Å². The Morgan fingerprint density at radius 1 is 1.33 bits per heavy atom. The Morgan fingerprint density at radius 3 is 2.46 bits per heavy atom. The first-order valence-electron chi connectivity index (χ1n) is 7.45. The molecule has 0 N–H and O–H groups in total. The van der Waals surface area contributed by atoms with Crippen LogP contribution in [-0.2, 0) is 6.18 Å². The van der Waals surface area contributed by atoms with E-state index in [4.69, 9.17) is 5.26 Å². The molecule has 24 heavy (non-hydrogen) atoms. The highest BCUT2D eigenvalue weighted by Gasteiger charge is 2.34. The summed E-state index contributed by atoms with van der Waals surface area (Å²) in [5, 5.41) is 20.0. The van der Waals surface area contributed by atoms with Gasteiger partial charge in [-0.3, -0.25) is 15.0 Å². The zero-order valence-electron chi connectivity index (χ0n) is 13.1. The molecule has 1 fully saturated rings. The fraction of sp³-hybridized carbons (Fsp3) is 0.533. The van der Waals surface area contributed by atoms with Crippen molar-refractivity contribution in [2.24, 2.45) is 5.92 Å². The quantitative estimate of drug-likeness (QED) is 0.621. The van der Waals surface area contributed by atoms with Gasteiger partial charge in [-0.15, -0.1) is 0 Å². The van der Waals surface area contributed by atoms with Gasteiger partial charge in [0.15, 0.2) is 0 Å². The predicted molar refractivity (Wildman–Crippen MR) is 81.5 cm³/mol. The second kappa shape index (κ2) is 7.05. The molecule has 1 saturated heterocycles. The molecule has 0 amide bonds. The topological polar surface area (TPSA) is 73.4 Å². The fourth-order valence-electron chi connectivity index (χ4n) is 2.71. The van der Waals surface area contributed by atoms with Gasteiger partial charge in [0.05, 0.1) is 22.5 Å². The second-order valence-electron chi connectivity index (χ2n) is 5.78. The normalized spacial score (nSPS) is 17.4. The number of hydrogen-bond acceptors (Lipinski definition) is 5. The molecule has 2 rings (SSSR count). The largest absolute Gasteiger partial charge is 0.416 e. The molecule has 0 aliphatic carbocycles. The lowest BCUT2D eigenvalue weighted by atomic mass is 10.1. The summed E-state index contributed by atoms with van der Waals surface area (Å²) < 4.78 is 38.2. The molecule has 6 nitrogen and oxygen atoms in total. The summed E-state index contributed by atoms with van der Waals surface area (Å²) in [7, 11) is 0. The van der Waals surface area contributed by atoms with E-state index in [2.05, 4.69) is 11.0 Å². The van der Waals surface area contributed by atoms with Crippen molar-refractivity contribution < 1.29 is 18.1 Å². The molecular weight excluding hydrogens is 325 g/mol. The molecule has 1 heterocycles. The third-order valence-electron chi connectivity index (χ3n) is 3.96. The van der Waals surface area contributed by atoms with Crippen molar-refractivity contribution in [3.05, 3.63) is 33.9 Å². The van der Waals surface area contributed by atoms with Crippen LogP contribution in [0.3, 0.4) is 0 Å². The number of nitriles is 1. The van der Waals surface area contributed by atoms with E-state index in [1.165, 1.54) is 0 Å². The minimum atomic E-state index is -4.62. The van der Waals surface area contributed by atoms with Gasteiger partial charge in [0.2, 0.25) is 0 Å². The molecule has 9 heteroatoms. The molecule has 0 radical (unpaired) electrons. The van der Waals surface area contributed by atoms with E-state index in [1.54, 1.807) is 4.90 Å². The van der Waals surface area contributed by atoms with Crippen LogP contribution in [0.5, 0.6) is 0 Å². The minimum Gasteiger partial charge on any atom is -0.363 e. The van der Waals surface area contributed by atoms with Crippen molar-refractivity contribution in [2.75, 3.05) is 37.6 Å². The molecular formula is C15H17F3N4O2. The average Bonchev–Trinajstić information content (AvgIpc) is 2.54. The van der Waals surface area contributed by atoms with Crippen LogP contribution in [0.15, 0.2) is 18.2 Å². The molecule has 1 atom stereocenters. The minimum absolute atomic E-state index is 0.114. The number of nitro benzene ring substituents is 1. The Labute approximate surface area is 137 Å². The van der Waals surface area contributed by atoms with Crippen molar-refractivity contribution in [2.45, 2.75) is 13.1 Å². The van der Waals surface area contributed by atoms with E-state index in [9.17, 15) is 23.3 Å². The summed E-state index contributed by atoms with van der Waals surface area (Å²) in [5.41, 5.74) is -1.37. The maximum atomic E-state index is 12.7. The number of alkyl halides is 3. The molecule has 0 unspecified atom stereocenters. The van der Waals surface area contributed by atoms with Gasteiger partial charge in [-0.25, -0.2) is 0 Å². The third-order valence-corrected chi connectivity index (χ3v) is 3.96. The first-order valence-corrected chi connectivity index (χ1v) is 7.45.